The number of anilines is 2. The van der Waals surface area contributed by atoms with Gasteiger partial charge in [0.25, 0.3) is 5.91 Å². The van der Waals surface area contributed by atoms with E-state index in [4.69, 9.17) is 23.2 Å². The minimum absolute atomic E-state index is 0.299. The van der Waals surface area contributed by atoms with Crippen LogP contribution in [0.3, 0.4) is 0 Å². The molecule has 6 nitrogen and oxygen atoms in total. The molecule has 2 heterocycles. The van der Waals surface area contributed by atoms with E-state index in [0.717, 1.165) is 0 Å². The molecular formula is C25H18Cl2FN5O. The van der Waals surface area contributed by atoms with Crippen LogP contribution in [0.5, 0.6) is 0 Å². The smallest absolute Gasteiger partial charge is 0.255 e. The standard InChI is InChI=1S/C25H18Cl2FN5O/c1-14-21(24(34)30-16-7-3-2-4-8-16)22(17-9-5-6-10-20(17)28)33-25(29-14)31-23(32-33)15-11-12-18(26)19(27)13-15/h2-13,22H,1H3,(H,30,34)(H,29,31,32). The molecule has 34 heavy (non-hydrogen) atoms. The quantitative estimate of drug-likeness (QED) is 0.349. The number of hydrogen-bond acceptors (Lipinski definition) is 4. The molecule has 1 unspecified atom stereocenters. The Balaban J connectivity index is 1.62. The van der Waals surface area contributed by atoms with Crippen molar-refractivity contribution in [2.24, 2.45) is 0 Å². The number of carbonyl (C=O) groups excluding carboxylic acids is 1. The highest BCUT2D eigenvalue weighted by Crippen LogP contribution is 2.38. The molecule has 0 spiro atoms. The number of aromatic nitrogens is 3. The molecule has 4 aromatic rings. The molecule has 3 aromatic carbocycles. The summed E-state index contributed by atoms with van der Waals surface area (Å²) in [7, 11) is 0. The summed E-state index contributed by atoms with van der Waals surface area (Å²) in [4.78, 5) is 18.0. The second-order valence-corrected chi connectivity index (χ2v) is 8.55. The van der Waals surface area contributed by atoms with Gasteiger partial charge in [-0.2, -0.15) is 4.98 Å². The van der Waals surface area contributed by atoms with Crippen molar-refractivity contribution in [3.63, 3.8) is 0 Å². The summed E-state index contributed by atoms with van der Waals surface area (Å²) in [5.41, 5.74) is 2.43. The van der Waals surface area contributed by atoms with Crippen molar-refractivity contribution in [2.45, 2.75) is 13.0 Å². The summed E-state index contributed by atoms with van der Waals surface area (Å²) in [5, 5.41) is 11.4. The molecule has 1 aliphatic rings. The Hall–Kier alpha value is -3.68. The molecular weight excluding hydrogens is 476 g/mol. The van der Waals surface area contributed by atoms with Gasteiger partial charge in [-0.15, -0.1) is 5.10 Å². The number of allylic oxidation sites excluding steroid dienone is 1. The summed E-state index contributed by atoms with van der Waals surface area (Å²) < 4.78 is 16.5. The third kappa shape index (κ3) is 4.04. The maximum atomic E-state index is 15.0. The van der Waals surface area contributed by atoms with E-state index in [1.165, 1.54) is 10.7 Å². The second kappa shape index (κ2) is 8.93. The summed E-state index contributed by atoms with van der Waals surface area (Å²) >= 11 is 12.2. The molecule has 1 aliphatic heterocycles. The molecule has 0 saturated carbocycles. The molecule has 0 radical (unpaired) electrons. The van der Waals surface area contributed by atoms with Crippen molar-refractivity contribution < 1.29 is 9.18 Å². The van der Waals surface area contributed by atoms with Crippen molar-refractivity contribution in [2.75, 3.05) is 10.6 Å². The van der Waals surface area contributed by atoms with Crippen LogP contribution < -0.4 is 10.6 Å². The predicted octanol–water partition coefficient (Wildman–Crippen LogP) is 6.32. The van der Waals surface area contributed by atoms with Crippen LogP contribution in [0.4, 0.5) is 16.0 Å². The van der Waals surface area contributed by atoms with E-state index in [0.29, 0.717) is 49.9 Å². The molecule has 1 aromatic heterocycles. The van der Waals surface area contributed by atoms with Gasteiger partial charge in [0, 0.05) is 22.5 Å². The number of benzene rings is 3. The molecule has 1 atom stereocenters. The average Bonchev–Trinajstić information content (AvgIpc) is 3.24. The number of rotatable bonds is 4. The molecule has 2 N–H and O–H groups in total. The van der Waals surface area contributed by atoms with Crippen LogP contribution in [0.2, 0.25) is 10.0 Å². The maximum Gasteiger partial charge on any atom is 0.255 e. The molecule has 0 fully saturated rings. The summed E-state index contributed by atoms with van der Waals surface area (Å²) in [6.07, 6.45) is 0. The van der Waals surface area contributed by atoms with Crippen molar-refractivity contribution >= 4 is 40.7 Å². The highest BCUT2D eigenvalue weighted by atomic mass is 35.5. The summed E-state index contributed by atoms with van der Waals surface area (Å²) in [6.45, 7) is 1.75. The number of nitrogens with zero attached hydrogens (tertiary/aromatic N) is 3. The monoisotopic (exact) mass is 493 g/mol. The first-order chi connectivity index (χ1) is 16.4. The molecule has 0 bridgehead atoms. The fourth-order valence-electron chi connectivity index (χ4n) is 3.91. The number of hydrogen-bond donors (Lipinski definition) is 2. The largest absolute Gasteiger partial charge is 0.328 e. The predicted molar refractivity (Wildman–Crippen MR) is 131 cm³/mol. The van der Waals surface area contributed by atoms with Crippen LogP contribution in [0.25, 0.3) is 11.4 Å². The molecule has 0 aliphatic carbocycles. The lowest BCUT2D eigenvalue weighted by molar-refractivity contribution is -0.113. The zero-order valence-electron chi connectivity index (χ0n) is 17.9. The van der Waals surface area contributed by atoms with Crippen molar-refractivity contribution in [1.29, 1.82) is 0 Å². The molecule has 1 amide bonds. The van der Waals surface area contributed by atoms with Gasteiger partial charge in [0.2, 0.25) is 5.95 Å². The average molecular weight is 494 g/mol. The number of para-hydroxylation sites is 1. The Morgan fingerprint density at radius 1 is 1.03 bits per heavy atom. The van der Waals surface area contributed by atoms with E-state index in [1.807, 2.05) is 18.2 Å². The van der Waals surface area contributed by atoms with Crippen LogP contribution in [0.1, 0.15) is 18.5 Å². The first-order valence-electron chi connectivity index (χ1n) is 10.4. The molecule has 170 valence electrons. The van der Waals surface area contributed by atoms with Crippen LogP contribution in [-0.4, -0.2) is 20.7 Å². The van der Waals surface area contributed by atoms with E-state index in [1.54, 1.807) is 55.5 Å². The third-order valence-electron chi connectivity index (χ3n) is 5.51. The fraction of sp³-hybridized carbons (Fsp3) is 0.0800. The Bertz CT molecular complexity index is 1430. The number of halogens is 3. The summed E-state index contributed by atoms with van der Waals surface area (Å²) in [5.74, 6) is -0.0885. The normalized spacial score (nSPS) is 15.0. The van der Waals surface area contributed by atoms with Crippen LogP contribution in [0, 0.1) is 5.82 Å². The van der Waals surface area contributed by atoms with Crippen molar-refractivity contribution in [3.8, 4) is 11.4 Å². The second-order valence-electron chi connectivity index (χ2n) is 7.74. The zero-order chi connectivity index (χ0) is 23.8. The molecule has 5 rings (SSSR count). The molecule has 0 saturated heterocycles. The zero-order valence-corrected chi connectivity index (χ0v) is 19.4. The lowest BCUT2D eigenvalue weighted by atomic mass is 9.94. The topological polar surface area (TPSA) is 71.8 Å². The minimum atomic E-state index is -0.842. The van der Waals surface area contributed by atoms with E-state index < -0.39 is 11.9 Å². The Morgan fingerprint density at radius 3 is 2.50 bits per heavy atom. The van der Waals surface area contributed by atoms with E-state index in [9.17, 15) is 4.79 Å². The van der Waals surface area contributed by atoms with Gasteiger partial charge >= 0.3 is 0 Å². The van der Waals surface area contributed by atoms with Gasteiger partial charge in [-0.25, -0.2) is 9.07 Å². The van der Waals surface area contributed by atoms with Gasteiger partial charge in [-0.05, 0) is 43.3 Å². The van der Waals surface area contributed by atoms with Gasteiger partial charge in [-0.1, -0.05) is 59.6 Å². The van der Waals surface area contributed by atoms with Crippen LogP contribution in [0.15, 0.2) is 84.1 Å². The van der Waals surface area contributed by atoms with Crippen molar-refractivity contribution in [1.82, 2.24) is 14.8 Å². The Kier molecular flexibility index (Phi) is 5.81. The van der Waals surface area contributed by atoms with Gasteiger partial charge in [0.15, 0.2) is 5.82 Å². The first-order valence-corrected chi connectivity index (χ1v) is 11.2. The Labute approximate surface area is 205 Å². The lowest BCUT2D eigenvalue weighted by Gasteiger charge is -2.28. The van der Waals surface area contributed by atoms with Crippen LogP contribution in [-0.2, 0) is 4.79 Å². The first kappa shape index (κ1) is 22.1. The van der Waals surface area contributed by atoms with Crippen LogP contribution >= 0.6 is 23.2 Å². The number of carbonyl (C=O) groups is 1. The van der Waals surface area contributed by atoms with Gasteiger partial charge in [0.1, 0.15) is 11.9 Å². The third-order valence-corrected chi connectivity index (χ3v) is 6.25. The van der Waals surface area contributed by atoms with E-state index >= 15 is 4.39 Å². The minimum Gasteiger partial charge on any atom is -0.328 e. The highest BCUT2D eigenvalue weighted by Gasteiger charge is 2.36. The molecule has 9 heteroatoms. The Morgan fingerprint density at radius 2 is 1.76 bits per heavy atom. The van der Waals surface area contributed by atoms with E-state index in [2.05, 4.69) is 20.7 Å². The van der Waals surface area contributed by atoms with Crippen molar-refractivity contribution in [3.05, 3.63) is 105 Å². The number of nitrogens with one attached hydrogen (secondary N) is 2. The maximum absolute atomic E-state index is 15.0. The number of amides is 1. The SMILES string of the molecule is CC1=C(C(=O)Nc2ccccc2)C(c2ccccc2F)n2nc(-c3ccc(Cl)c(Cl)c3)nc2N1. The highest BCUT2D eigenvalue weighted by molar-refractivity contribution is 6.42. The van der Waals surface area contributed by atoms with Gasteiger partial charge < -0.3 is 10.6 Å². The fourth-order valence-corrected chi connectivity index (χ4v) is 4.21. The van der Waals surface area contributed by atoms with Gasteiger partial charge in [0.05, 0.1) is 15.6 Å². The lowest BCUT2D eigenvalue weighted by Crippen LogP contribution is -2.32. The summed E-state index contributed by atoms with van der Waals surface area (Å²) in [6, 6.07) is 19.6. The van der Waals surface area contributed by atoms with Gasteiger partial charge in [-0.3, -0.25) is 4.79 Å². The number of fused-ring (bicyclic) bond motifs is 1. The van der Waals surface area contributed by atoms with E-state index in [-0.39, 0.29) is 5.91 Å².